The molecule has 1 aromatic heterocycles. The van der Waals surface area contributed by atoms with Crippen LogP contribution in [0.2, 0.25) is 0 Å². The molecule has 42 heavy (non-hydrogen) atoms. The maximum absolute atomic E-state index is 15.1. The van der Waals surface area contributed by atoms with Gasteiger partial charge >= 0.3 is 5.66 Å². The number of nitrogens with zero attached hydrogens (tertiary/aromatic N) is 2. The van der Waals surface area contributed by atoms with Crippen LogP contribution in [0.1, 0.15) is 63.1 Å². The maximum Gasteiger partial charge on any atom is 0.328 e. The van der Waals surface area contributed by atoms with Gasteiger partial charge in [0.05, 0.1) is 19.2 Å². The van der Waals surface area contributed by atoms with Crippen molar-refractivity contribution in [3.05, 3.63) is 77.2 Å². The van der Waals surface area contributed by atoms with E-state index in [4.69, 9.17) is 9.47 Å². The molecule has 10 heteroatoms. The molecule has 0 amide bonds. The highest BCUT2D eigenvalue weighted by molar-refractivity contribution is 7.58. The fraction of sp³-hybridized carbons (Fsp3) is 0.469. The molecule has 4 rings (SSSR count). The SMILES string of the molecule is COc1cc(-c2ccc(COc3cccc(C(C4CC4)C(F)(F)P(C)(=O)O)c3)cc2CN(C(C)C)C(C)C)c(F)cn1. The van der Waals surface area contributed by atoms with Crippen LogP contribution in [0, 0.1) is 11.7 Å². The van der Waals surface area contributed by atoms with E-state index in [0.29, 0.717) is 47.7 Å². The van der Waals surface area contributed by atoms with Crippen LogP contribution in [0.3, 0.4) is 0 Å². The number of hydrogen-bond acceptors (Lipinski definition) is 5. The van der Waals surface area contributed by atoms with Crippen molar-refractivity contribution < 1.29 is 32.1 Å². The Morgan fingerprint density at radius 3 is 2.36 bits per heavy atom. The van der Waals surface area contributed by atoms with E-state index >= 15 is 8.78 Å². The van der Waals surface area contributed by atoms with Crippen LogP contribution in [0.4, 0.5) is 13.2 Å². The van der Waals surface area contributed by atoms with Gasteiger partial charge in [-0.2, -0.15) is 8.78 Å². The molecule has 228 valence electrons. The van der Waals surface area contributed by atoms with Crippen molar-refractivity contribution in [2.24, 2.45) is 5.92 Å². The average molecular weight is 605 g/mol. The standard InChI is InChI=1S/C32H40F3N2O4P/c1-20(2)37(21(3)4)18-25-14-22(10-13-27(25)28-16-30(40-5)36-17-29(28)33)19-41-26-9-7-8-24(15-26)31(23-11-12-23)32(34,35)42(6,38)39/h7-10,13-17,20-21,23,31H,11-12,18-19H2,1-6H3,(H,38,39). The molecule has 0 radical (unpaired) electrons. The lowest BCUT2D eigenvalue weighted by atomic mass is 9.94. The first-order chi connectivity index (χ1) is 19.7. The molecular formula is C32H40F3N2O4P. The van der Waals surface area contributed by atoms with Gasteiger partial charge in [0.1, 0.15) is 18.2 Å². The van der Waals surface area contributed by atoms with Crippen molar-refractivity contribution in [2.45, 2.75) is 77.4 Å². The lowest BCUT2D eigenvalue weighted by Crippen LogP contribution is -2.36. The Hall–Kier alpha value is -2.87. The Balaban J connectivity index is 1.64. The zero-order valence-electron chi connectivity index (χ0n) is 25.0. The third-order valence-electron chi connectivity index (χ3n) is 7.82. The largest absolute Gasteiger partial charge is 0.489 e. The highest BCUT2D eigenvalue weighted by atomic mass is 31.2. The molecule has 1 N–H and O–H groups in total. The van der Waals surface area contributed by atoms with Crippen LogP contribution in [0.15, 0.2) is 54.7 Å². The zero-order valence-corrected chi connectivity index (χ0v) is 25.9. The van der Waals surface area contributed by atoms with E-state index in [1.54, 1.807) is 30.3 Å². The second-order valence-corrected chi connectivity index (χ2v) is 14.1. The topological polar surface area (TPSA) is 71.9 Å². The van der Waals surface area contributed by atoms with Gasteiger partial charge in [-0.25, -0.2) is 9.37 Å². The molecule has 1 saturated carbocycles. The van der Waals surface area contributed by atoms with Gasteiger partial charge < -0.3 is 14.4 Å². The number of hydrogen-bond donors (Lipinski definition) is 1. The van der Waals surface area contributed by atoms with E-state index in [2.05, 4.69) is 37.6 Å². The number of halogens is 3. The molecule has 0 spiro atoms. The van der Waals surface area contributed by atoms with Crippen molar-refractivity contribution >= 4 is 7.37 Å². The minimum Gasteiger partial charge on any atom is -0.489 e. The summed E-state index contributed by atoms with van der Waals surface area (Å²) in [6.07, 6.45) is 2.33. The summed E-state index contributed by atoms with van der Waals surface area (Å²) >= 11 is 0. The van der Waals surface area contributed by atoms with Crippen molar-refractivity contribution in [1.82, 2.24) is 9.88 Å². The number of methoxy groups -OCH3 is 1. The van der Waals surface area contributed by atoms with Crippen LogP contribution in [-0.4, -0.2) is 46.3 Å². The minimum absolute atomic E-state index is 0.152. The summed E-state index contributed by atoms with van der Waals surface area (Å²) < 4.78 is 68.5. The van der Waals surface area contributed by atoms with E-state index in [1.807, 2.05) is 18.2 Å². The Kier molecular flexibility index (Phi) is 9.75. The Morgan fingerprint density at radius 2 is 1.76 bits per heavy atom. The third-order valence-corrected chi connectivity index (χ3v) is 9.21. The number of benzene rings is 2. The molecule has 2 aromatic carbocycles. The number of pyridine rings is 1. The lowest BCUT2D eigenvalue weighted by molar-refractivity contribution is 0.0388. The first kappa shape index (κ1) is 32.1. The van der Waals surface area contributed by atoms with Gasteiger partial charge in [-0.1, -0.05) is 30.3 Å². The molecule has 1 heterocycles. The highest BCUT2D eigenvalue weighted by Crippen LogP contribution is 2.65. The number of rotatable bonds is 13. The van der Waals surface area contributed by atoms with Crippen molar-refractivity contribution in [1.29, 1.82) is 0 Å². The van der Waals surface area contributed by atoms with E-state index in [9.17, 15) is 13.8 Å². The summed E-state index contributed by atoms with van der Waals surface area (Å²) in [4.78, 5) is 16.1. The van der Waals surface area contributed by atoms with Crippen molar-refractivity contribution in [3.8, 4) is 22.8 Å². The molecule has 1 aliphatic carbocycles. The monoisotopic (exact) mass is 604 g/mol. The van der Waals surface area contributed by atoms with Gasteiger partial charge in [-0.3, -0.25) is 9.46 Å². The number of aromatic nitrogens is 1. The van der Waals surface area contributed by atoms with Gasteiger partial charge in [-0.15, -0.1) is 0 Å². The lowest BCUT2D eigenvalue weighted by Gasteiger charge is -2.31. The molecule has 2 atom stereocenters. The maximum atomic E-state index is 15.1. The Bertz CT molecular complexity index is 1430. The van der Waals surface area contributed by atoms with E-state index in [0.717, 1.165) is 24.0 Å². The molecular weight excluding hydrogens is 564 g/mol. The summed E-state index contributed by atoms with van der Waals surface area (Å²) in [6, 6.07) is 14.2. The van der Waals surface area contributed by atoms with Gasteiger partial charge in [0.25, 0.3) is 7.37 Å². The van der Waals surface area contributed by atoms with Crippen LogP contribution in [0.5, 0.6) is 11.6 Å². The van der Waals surface area contributed by atoms with Gasteiger partial charge in [0.2, 0.25) is 5.88 Å². The molecule has 1 aliphatic rings. The van der Waals surface area contributed by atoms with Crippen LogP contribution in [0.25, 0.3) is 11.1 Å². The molecule has 0 saturated heterocycles. The predicted molar refractivity (Wildman–Crippen MR) is 159 cm³/mol. The molecule has 6 nitrogen and oxygen atoms in total. The van der Waals surface area contributed by atoms with Gasteiger partial charge in [0.15, 0.2) is 0 Å². The second-order valence-electron chi connectivity index (χ2n) is 11.7. The normalized spacial score (nSPS) is 16.1. The van der Waals surface area contributed by atoms with Gasteiger partial charge in [-0.05, 0) is 80.8 Å². The Morgan fingerprint density at radius 1 is 1.07 bits per heavy atom. The Labute approximate surface area is 246 Å². The number of ether oxygens (including phenoxy) is 2. The van der Waals surface area contributed by atoms with Crippen LogP contribution < -0.4 is 9.47 Å². The fourth-order valence-electron chi connectivity index (χ4n) is 5.43. The molecule has 0 bridgehead atoms. The van der Waals surface area contributed by atoms with Crippen LogP contribution >= 0.6 is 7.37 Å². The first-order valence-electron chi connectivity index (χ1n) is 14.2. The zero-order chi connectivity index (χ0) is 30.8. The summed E-state index contributed by atoms with van der Waals surface area (Å²) in [5.74, 6) is -1.45. The number of alkyl halides is 2. The smallest absolute Gasteiger partial charge is 0.328 e. The fourth-order valence-corrected chi connectivity index (χ4v) is 6.31. The van der Waals surface area contributed by atoms with Crippen molar-refractivity contribution in [2.75, 3.05) is 13.8 Å². The molecule has 0 aliphatic heterocycles. The summed E-state index contributed by atoms with van der Waals surface area (Å²) in [7, 11) is -3.19. The van der Waals surface area contributed by atoms with Crippen molar-refractivity contribution in [3.63, 3.8) is 0 Å². The van der Waals surface area contributed by atoms with Crippen LogP contribution in [-0.2, 0) is 17.7 Å². The summed E-state index contributed by atoms with van der Waals surface area (Å²) in [6.45, 7) is 9.89. The van der Waals surface area contributed by atoms with E-state index in [-0.39, 0.29) is 24.6 Å². The molecule has 2 unspecified atom stereocenters. The minimum atomic E-state index is -4.67. The molecule has 1 fully saturated rings. The third kappa shape index (κ3) is 7.19. The quantitative estimate of drug-likeness (QED) is 0.199. The highest BCUT2D eigenvalue weighted by Gasteiger charge is 2.57. The van der Waals surface area contributed by atoms with E-state index < -0.39 is 24.8 Å². The summed E-state index contributed by atoms with van der Waals surface area (Å²) in [5.41, 5.74) is -0.624. The molecule has 3 aromatic rings. The summed E-state index contributed by atoms with van der Waals surface area (Å²) in [5, 5.41) is 0. The van der Waals surface area contributed by atoms with E-state index in [1.165, 1.54) is 7.11 Å². The predicted octanol–water partition coefficient (Wildman–Crippen LogP) is 8.08. The van der Waals surface area contributed by atoms with Gasteiger partial charge in [0, 0.05) is 36.9 Å². The average Bonchev–Trinajstić information content (AvgIpc) is 3.75. The second kappa shape index (κ2) is 12.8. The first-order valence-corrected chi connectivity index (χ1v) is 16.3.